The fourth-order valence-corrected chi connectivity index (χ4v) is 3.67. The summed E-state index contributed by atoms with van der Waals surface area (Å²) < 4.78 is 22.8. The number of aromatic nitrogens is 2. The van der Waals surface area contributed by atoms with Crippen LogP contribution in [0.4, 0.5) is 0 Å². The van der Waals surface area contributed by atoms with Gasteiger partial charge in [0.25, 0.3) is 0 Å². The van der Waals surface area contributed by atoms with Gasteiger partial charge in [0.05, 0.1) is 32.5 Å². The molecule has 4 rings (SSSR count). The van der Waals surface area contributed by atoms with Crippen molar-refractivity contribution in [2.75, 3.05) is 21.3 Å². The van der Waals surface area contributed by atoms with E-state index < -0.39 is 0 Å². The summed E-state index contributed by atoms with van der Waals surface area (Å²) in [6.45, 7) is 0. The molecule has 0 spiro atoms. The number of aromatic amines is 1. The van der Waals surface area contributed by atoms with E-state index in [9.17, 15) is 0 Å². The first-order valence-electron chi connectivity index (χ1n) is 8.44. The van der Waals surface area contributed by atoms with Crippen molar-refractivity contribution in [2.24, 2.45) is 0 Å². The standard InChI is InChI=1S/C20H17ClN2O4S/c1-24-15-7-5-12(16(25-2)17(15)26-3)18-22-19-13(20(28)23-18)9-10-8-11(21)4-6-14(10)27-19/h4-8H,9H2,1-3H3,(H,22,23,28). The average molecular weight is 417 g/mol. The van der Waals surface area contributed by atoms with E-state index in [1.165, 1.54) is 0 Å². The molecule has 1 aliphatic rings. The predicted octanol–water partition coefficient (Wildman–Crippen LogP) is 5.18. The summed E-state index contributed by atoms with van der Waals surface area (Å²) in [5, 5.41) is 0.653. The summed E-state index contributed by atoms with van der Waals surface area (Å²) in [4.78, 5) is 7.79. The van der Waals surface area contributed by atoms with Gasteiger partial charge in [0.2, 0.25) is 11.6 Å². The fraction of sp³-hybridized carbons (Fsp3) is 0.200. The first-order chi connectivity index (χ1) is 13.5. The van der Waals surface area contributed by atoms with Gasteiger partial charge in [-0.1, -0.05) is 23.8 Å². The van der Waals surface area contributed by atoms with Gasteiger partial charge in [-0.05, 0) is 30.3 Å². The van der Waals surface area contributed by atoms with Crippen molar-refractivity contribution < 1.29 is 18.9 Å². The lowest BCUT2D eigenvalue weighted by Crippen LogP contribution is -2.08. The summed E-state index contributed by atoms with van der Waals surface area (Å²) in [5.74, 6) is 3.33. The Balaban J connectivity index is 1.85. The molecule has 6 nitrogen and oxygen atoms in total. The topological polar surface area (TPSA) is 65.6 Å². The lowest BCUT2D eigenvalue weighted by atomic mass is 10.0. The highest BCUT2D eigenvalue weighted by molar-refractivity contribution is 7.71. The maximum atomic E-state index is 6.09. The number of hydrogen-bond donors (Lipinski definition) is 1. The predicted molar refractivity (Wildman–Crippen MR) is 109 cm³/mol. The molecule has 0 unspecified atom stereocenters. The number of benzene rings is 2. The van der Waals surface area contributed by atoms with E-state index in [0.717, 1.165) is 16.9 Å². The lowest BCUT2D eigenvalue weighted by molar-refractivity contribution is 0.325. The van der Waals surface area contributed by atoms with E-state index >= 15 is 0 Å². The van der Waals surface area contributed by atoms with Crippen molar-refractivity contribution >= 4 is 23.8 Å². The summed E-state index contributed by atoms with van der Waals surface area (Å²) in [6.07, 6.45) is 0.594. The smallest absolute Gasteiger partial charge is 0.205 e. The number of nitrogens with zero attached hydrogens (tertiary/aromatic N) is 1. The summed E-state index contributed by atoms with van der Waals surface area (Å²) in [7, 11) is 4.68. The third-order valence-electron chi connectivity index (χ3n) is 4.54. The van der Waals surface area contributed by atoms with Crippen LogP contribution in [0, 0.1) is 4.64 Å². The molecular weight excluding hydrogens is 400 g/mol. The molecule has 0 saturated heterocycles. The van der Waals surface area contributed by atoms with Crippen molar-refractivity contribution in [1.82, 2.24) is 9.97 Å². The Hall–Kier alpha value is -2.77. The molecule has 2 aromatic carbocycles. The molecule has 0 amide bonds. The van der Waals surface area contributed by atoms with Gasteiger partial charge >= 0.3 is 0 Å². The molecule has 28 heavy (non-hydrogen) atoms. The van der Waals surface area contributed by atoms with Crippen LogP contribution in [0.5, 0.6) is 28.9 Å². The monoisotopic (exact) mass is 416 g/mol. The lowest BCUT2D eigenvalue weighted by Gasteiger charge is -2.21. The highest BCUT2D eigenvalue weighted by Gasteiger charge is 2.23. The van der Waals surface area contributed by atoms with Gasteiger partial charge in [0, 0.05) is 17.0 Å². The Morgan fingerprint density at radius 3 is 2.57 bits per heavy atom. The zero-order chi connectivity index (χ0) is 19.8. The van der Waals surface area contributed by atoms with Gasteiger partial charge in [-0.25, -0.2) is 4.98 Å². The molecule has 1 aliphatic heterocycles. The van der Waals surface area contributed by atoms with Gasteiger partial charge in [0.1, 0.15) is 16.2 Å². The Labute approximate surface area is 172 Å². The number of nitrogens with one attached hydrogen (secondary N) is 1. The number of ether oxygens (including phenoxy) is 4. The van der Waals surface area contributed by atoms with Crippen LogP contribution in [0.15, 0.2) is 30.3 Å². The molecule has 3 aromatic rings. The number of H-pyrrole nitrogens is 1. The highest BCUT2D eigenvalue weighted by atomic mass is 35.5. The Morgan fingerprint density at radius 1 is 1.07 bits per heavy atom. The molecule has 0 saturated carbocycles. The molecular formula is C20H17ClN2O4S. The Bertz CT molecular complexity index is 1130. The average Bonchev–Trinajstić information content (AvgIpc) is 2.71. The number of rotatable bonds is 4. The van der Waals surface area contributed by atoms with E-state index in [0.29, 0.717) is 50.6 Å². The number of fused-ring (bicyclic) bond motifs is 2. The minimum absolute atomic E-state index is 0.450. The molecule has 0 fully saturated rings. The van der Waals surface area contributed by atoms with Crippen molar-refractivity contribution in [3.63, 3.8) is 0 Å². The first kappa shape index (κ1) is 18.6. The molecule has 1 N–H and O–H groups in total. The van der Waals surface area contributed by atoms with E-state index in [-0.39, 0.29) is 0 Å². The minimum atomic E-state index is 0.450. The molecule has 2 heterocycles. The second-order valence-corrected chi connectivity index (χ2v) is 6.93. The van der Waals surface area contributed by atoms with E-state index in [4.69, 9.17) is 42.8 Å². The zero-order valence-electron chi connectivity index (χ0n) is 15.5. The Kier molecular flexibility index (Phi) is 4.87. The third-order valence-corrected chi connectivity index (χ3v) is 5.11. The van der Waals surface area contributed by atoms with Crippen molar-refractivity contribution in [3.05, 3.63) is 51.1 Å². The van der Waals surface area contributed by atoms with Crippen LogP contribution in [0.1, 0.15) is 11.1 Å². The normalized spacial score (nSPS) is 11.9. The molecule has 8 heteroatoms. The van der Waals surface area contributed by atoms with Gasteiger partial charge in [0.15, 0.2) is 11.5 Å². The fourth-order valence-electron chi connectivity index (χ4n) is 3.22. The van der Waals surface area contributed by atoms with Crippen LogP contribution < -0.4 is 18.9 Å². The van der Waals surface area contributed by atoms with Crippen molar-refractivity contribution in [3.8, 4) is 40.3 Å². The molecule has 0 bridgehead atoms. The quantitative estimate of drug-likeness (QED) is 0.462. The maximum Gasteiger partial charge on any atom is 0.205 e. The van der Waals surface area contributed by atoms with Crippen LogP contribution in [0.25, 0.3) is 11.4 Å². The Morgan fingerprint density at radius 2 is 1.86 bits per heavy atom. The molecule has 0 atom stereocenters. The zero-order valence-corrected chi connectivity index (χ0v) is 17.0. The first-order valence-corrected chi connectivity index (χ1v) is 9.23. The number of halogens is 1. The van der Waals surface area contributed by atoms with Crippen LogP contribution in [0.2, 0.25) is 5.02 Å². The summed E-state index contributed by atoms with van der Waals surface area (Å²) >= 11 is 11.6. The minimum Gasteiger partial charge on any atom is -0.493 e. The second-order valence-electron chi connectivity index (χ2n) is 6.11. The van der Waals surface area contributed by atoms with E-state index in [1.807, 2.05) is 18.2 Å². The second kappa shape index (κ2) is 7.33. The summed E-state index contributed by atoms with van der Waals surface area (Å²) in [6, 6.07) is 9.12. The van der Waals surface area contributed by atoms with Gasteiger partial charge in [-0.15, -0.1) is 0 Å². The highest BCUT2D eigenvalue weighted by Crippen LogP contribution is 2.44. The third kappa shape index (κ3) is 3.06. The van der Waals surface area contributed by atoms with Gasteiger partial charge in [-0.2, -0.15) is 0 Å². The van der Waals surface area contributed by atoms with Gasteiger partial charge in [-0.3, -0.25) is 0 Å². The van der Waals surface area contributed by atoms with E-state index in [1.54, 1.807) is 33.5 Å². The number of methoxy groups -OCH3 is 3. The molecule has 0 radical (unpaired) electrons. The molecule has 144 valence electrons. The van der Waals surface area contributed by atoms with Crippen LogP contribution in [-0.2, 0) is 6.42 Å². The summed E-state index contributed by atoms with van der Waals surface area (Å²) in [5.41, 5.74) is 2.46. The molecule has 0 aliphatic carbocycles. The van der Waals surface area contributed by atoms with E-state index in [2.05, 4.69) is 9.97 Å². The largest absolute Gasteiger partial charge is 0.493 e. The SMILES string of the molecule is COc1ccc(-c2nc(=S)c3c([nH]2)Oc2ccc(Cl)cc2C3)c(OC)c1OC. The maximum absolute atomic E-state index is 6.09. The number of hydrogen-bond acceptors (Lipinski definition) is 6. The van der Waals surface area contributed by atoms with Crippen LogP contribution >= 0.6 is 23.8 Å². The van der Waals surface area contributed by atoms with Crippen LogP contribution in [0.3, 0.4) is 0 Å². The molecule has 1 aromatic heterocycles. The van der Waals surface area contributed by atoms with Crippen LogP contribution in [-0.4, -0.2) is 31.3 Å². The van der Waals surface area contributed by atoms with Crippen molar-refractivity contribution in [2.45, 2.75) is 6.42 Å². The van der Waals surface area contributed by atoms with Crippen molar-refractivity contribution in [1.29, 1.82) is 0 Å². The van der Waals surface area contributed by atoms with Gasteiger partial charge < -0.3 is 23.9 Å².